The van der Waals surface area contributed by atoms with Gasteiger partial charge in [-0.2, -0.15) is 13.2 Å². The van der Waals surface area contributed by atoms with Crippen LogP contribution in [0.3, 0.4) is 0 Å². The molecule has 1 N–H and O–H groups in total. The zero-order chi connectivity index (χ0) is 20.0. The first kappa shape index (κ1) is 24.0. The highest BCUT2D eigenvalue weighted by molar-refractivity contribution is 14.0. The van der Waals surface area contributed by atoms with Crippen LogP contribution in [0.15, 0.2) is 29.3 Å². The van der Waals surface area contributed by atoms with Gasteiger partial charge in [-0.05, 0) is 24.1 Å². The summed E-state index contributed by atoms with van der Waals surface area (Å²) in [5, 5.41) is 3.31. The summed E-state index contributed by atoms with van der Waals surface area (Å²) in [5.41, 5.74) is 0.838. The standard InChI is InChI=1S/C19H27F3N4O2.HI/c1-23-18(26-6-5-16(13-26)25-7-9-27-10-8-25)24-12-15-3-2-4-17(11-15)28-14-19(20,21)22;/h2-4,11,16H,5-10,12-14H2,1H3,(H,23,24);1H. The third kappa shape index (κ3) is 7.49. The van der Waals surface area contributed by atoms with Crippen LogP contribution in [-0.2, 0) is 11.3 Å². The Kier molecular flexibility index (Phi) is 9.28. The number of likely N-dealkylation sites (tertiary alicyclic amines) is 1. The fourth-order valence-electron chi connectivity index (χ4n) is 3.60. The van der Waals surface area contributed by atoms with Gasteiger partial charge in [0.15, 0.2) is 12.6 Å². The van der Waals surface area contributed by atoms with Crippen molar-refractivity contribution in [2.24, 2.45) is 4.99 Å². The zero-order valence-corrected chi connectivity index (χ0v) is 18.8. The van der Waals surface area contributed by atoms with E-state index in [0.29, 0.717) is 12.6 Å². The Balaban J connectivity index is 0.00000300. The summed E-state index contributed by atoms with van der Waals surface area (Å²) in [6, 6.07) is 7.18. The van der Waals surface area contributed by atoms with Crippen molar-refractivity contribution in [3.8, 4) is 5.75 Å². The van der Waals surface area contributed by atoms with Gasteiger partial charge in [0, 0.05) is 45.8 Å². The molecule has 2 aliphatic rings. The SMILES string of the molecule is CN=C(NCc1cccc(OCC(F)(F)F)c1)N1CCC(N2CCOCC2)C1.I. The Morgan fingerprint density at radius 1 is 1.28 bits per heavy atom. The Morgan fingerprint density at radius 2 is 2.03 bits per heavy atom. The Hall–Kier alpha value is -1.27. The summed E-state index contributed by atoms with van der Waals surface area (Å²) in [5.74, 6) is 1.01. The van der Waals surface area contributed by atoms with Gasteiger partial charge in [-0.1, -0.05) is 12.1 Å². The van der Waals surface area contributed by atoms with Crippen LogP contribution in [0.5, 0.6) is 5.75 Å². The first-order valence-corrected chi connectivity index (χ1v) is 9.50. The molecule has 6 nitrogen and oxygen atoms in total. The molecule has 1 unspecified atom stereocenters. The molecule has 0 spiro atoms. The van der Waals surface area contributed by atoms with Gasteiger partial charge in [-0.25, -0.2) is 0 Å². The molecule has 0 saturated carbocycles. The number of nitrogens with zero attached hydrogens (tertiary/aromatic N) is 3. The number of ether oxygens (including phenoxy) is 2. The number of hydrogen-bond acceptors (Lipinski definition) is 4. The molecule has 1 aromatic carbocycles. The van der Waals surface area contributed by atoms with Gasteiger partial charge in [-0.3, -0.25) is 9.89 Å². The summed E-state index contributed by atoms with van der Waals surface area (Å²) in [6.07, 6.45) is -3.26. The number of morpholine rings is 1. The topological polar surface area (TPSA) is 49.3 Å². The molecule has 2 fully saturated rings. The minimum Gasteiger partial charge on any atom is -0.484 e. The van der Waals surface area contributed by atoms with E-state index in [1.165, 1.54) is 6.07 Å². The normalized spacial score (nSPS) is 21.0. The van der Waals surface area contributed by atoms with E-state index in [2.05, 4.69) is 20.1 Å². The van der Waals surface area contributed by atoms with Crippen LogP contribution in [0.1, 0.15) is 12.0 Å². The maximum Gasteiger partial charge on any atom is 0.422 e. The maximum atomic E-state index is 12.3. The van der Waals surface area contributed by atoms with Crippen LogP contribution in [-0.4, -0.2) is 81.0 Å². The van der Waals surface area contributed by atoms with Gasteiger partial charge in [0.05, 0.1) is 13.2 Å². The van der Waals surface area contributed by atoms with Crippen LogP contribution in [0, 0.1) is 0 Å². The molecular weight excluding hydrogens is 500 g/mol. The number of alkyl halides is 3. The van der Waals surface area contributed by atoms with Crippen molar-refractivity contribution in [2.45, 2.75) is 25.2 Å². The summed E-state index contributed by atoms with van der Waals surface area (Å²) in [6.45, 7) is 4.53. The number of benzene rings is 1. The molecule has 2 aliphatic heterocycles. The molecule has 0 radical (unpaired) electrons. The van der Waals surface area contributed by atoms with E-state index in [0.717, 1.165) is 57.3 Å². The van der Waals surface area contributed by atoms with Crippen molar-refractivity contribution >= 4 is 29.9 Å². The van der Waals surface area contributed by atoms with Crippen LogP contribution in [0.4, 0.5) is 13.2 Å². The van der Waals surface area contributed by atoms with Crippen molar-refractivity contribution < 1.29 is 22.6 Å². The highest BCUT2D eigenvalue weighted by atomic mass is 127. The average molecular weight is 528 g/mol. The lowest BCUT2D eigenvalue weighted by Gasteiger charge is -2.32. The van der Waals surface area contributed by atoms with E-state index >= 15 is 0 Å². The molecule has 164 valence electrons. The number of rotatable bonds is 5. The minimum absolute atomic E-state index is 0. The van der Waals surface area contributed by atoms with Gasteiger partial charge in [0.25, 0.3) is 0 Å². The Labute approximate surface area is 186 Å². The summed E-state index contributed by atoms with van der Waals surface area (Å²) >= 11 is 0. The van der Waals surface area contributed by atoms with Crippen molar-refractivity contribution in [2.75, 3.05) is 53.0 Å². The van der Waals surface area contributed by atoms with Gasteiger partial charge in [0.1, 0.15) is 5.75 Å². The van der Waals surface area contributed by atoms with Crippen LogP contribution < -0.4 is 10.1 Å². The highest BCUT2D eigenvalue weighted by Gasteiger charge is 2.30. The zero-order valence-electron chi connectivity index (χ0n) is 16.5. The molecule has 29 heavy (non-hydrogen) atoms. The highest BCUT2D eigenvalue weighted by Crippen LogP contribution is 2.20. The number of hydrogen-bond donors (Lipinski definition) is 1. The van der Waals surface area contributed by atoms with Gasteiger partial charge >= 0.3 is 6.18 Å². The predicted octanol–water partition coefficient (Wildman–Crippen LogP) is 2.73. The van der Waals surface area contributed by atoms with E-state index in [1.54, 1.807) is 19.2 Å². The van der Waals surface area contributed by atoms with Crippen LogP contribution in [0.25, 0.3) is 0 Å². The fourth-order valence-corrected chi connectivity index (χ4v) is 3.60. The number of nitrogens with one attached hydrogen (secondary N) is 1. The molecular formula is C19H28F3IN4O2. The molecule has 2 saturated heterocycles. The van der Waals surface area contributed by atoms with E-state index in [-0.39, 0.29) is 29.7 Å². The lowest BCUT2D eigenvalue weighted by Crippen LogP contribution is -2.46. The summed E-state index contributed by atoms with van der Waals surface area (Å²) in [7, 11) is 1.74. The smallest absolute Gasteiger partial charge is 0.422 e. The van der Waals surface area contributed by atoms with Gasteiger partial charge < -0.3 is 19.7 Å². The summed E-state index contributed by atoms with van der Waals surface area (Å²) in [4.78, 5) is 9.06. The number of aliphatic imine (C=N–C) groups is 1. The van der Waals surface area contributed by atoms with Gasteiger partial charge in [-0.15, -0.1) is 24.0 Å². The molecule has 0 bridgehead atoms. The molecule has 0 aliphatic carbocycles. The lowest BCUT2D eigenvalue weighted by molar-refractivity contribution is -0.153. The van der Waals surface area contributed by atoms with Gasteiger partial charge in [0.2, 0.25) is 0 Å². The predicted molar refractivity (Wildman–Crippen MR) is 116 cm³/mol. The molecule has 0 amide bonds. The Morgan fingerprint density at radius 3 is 2.72 bits per heavy atom. The monoisotopic (exact) mass is 528 g/mol. The first-order valence-electron chi connectivity index (χ1n) is 9.50. The fraction of sp³-hybridized carbons (Fsp3) is 0.632. The molecule has 1 aromatic rings. The van der Waals surface area contributed by atoms with Crippen LogP contribution in [0.2, 0.25) is 0 Å². The van der Waals surface area contributed by atoms with Crippen molar-refractivity contribution in [1.82, 2.24) is 15.1 Å². The third-order valence-corrected chi connectivity index (χ3v) is 4.99. The third-order valence-electron chi connectivity index (χ3n) is 4.99. The van der Waals surface area contributed by atoms with E-state index < -0.39 is 12.8 Å². The van der Waals surface area contributed by atoms with E-state index in [1.807, 2.05) is 6.07 Å². The second-order valence-electron chi connectivity index (χ2n) is 6.99. The second kappa shape index (κ2) is 11.2. The lowest BCUT2D eigenvalue weighted by atomic mass is 10.2. The molecule has 0 aromatic heterocycles. The first-order chi connectivity index (χ1) is 13.4. The average Bonchev–Trinajstić information content (AvgIpc) is 3.17. The van der Waals surface area contributed by atoms with E-state index in [4.69, 9.17) is 9.47 Å². The Bertz CT molecular complexity index is 669. The largest absolute Gasteiger partial charge is 0.484 e. The number of guanidine groups is 1. The second-order valence-corrected chi connectivity index (χ2v) is 6.99. The molecule has 3 rings (SSSR count). The quantitative estimate of drug-likeness (QED) is 0.362. The number of halogens is 4. The maximum absolute atomic E-state index is 12.3. The molecule has 10 heteroatoms. The van der Waals surface area contributed by atoms with E-state index in [9.17, 15) is 13.2 Å². The van der Waals surface area contributed by atoms with Crippen molar-refractivity contribution in [3.05, 3.63) is 29.8 Å². The molecule has 2 heterocycles. The van der Waals surface area contributed by atoms with Crippen molar-refractivity contribution in [3.63, 3.8) is 0 Å². The van der Waals surface area contributed by atoms with Crippen molar-refractivity contribution in [1.29, 1.82) is 0 Å². The van der Waals surface area contributed by atoms with Crippen LogP contribution >= 0.6 is 24.0 Å². The summed E-state index contributed by atoms with van der Waals surface area (Å²) < 4.78 is 47.2. The minimum atomic E-state index is -4.34. The molecule has 1 atom stereocenters.